The molecule has 1 aromatic rings. The van der Waals surface area contributed by atoms with Crippen molar-refractivity contribution in [3.8, 4) is 0 Å². The number of rotatable bonds is 5. The number of nitrogens with one attached hydrogen (secondary N) is 1. The summed E-state index contributed by atoms with van der Waals surface area (Å²) in [5.74, 6) is 0. The van der Waals surface area contributed by atoms with Crippen molar-refractivity contribution in [3.05, 3.63) is 29.8 Å². The molecule has 0 aromatic heterocycles. The van der Waals surface area contributed by atoms with Crippen LogP contribution in [-0.4, -0.2) is 18.6 Å². The largest absolute Gasteiger partial charge is 0.336 e. The van der Waals surface area contributed by atoms with Crippen molar-refractivity contribution in [3.63, 3.8) is 0 Å². The van der Waals surface area contributed by atoms with E-state index < -0.39 is 0 Å². The topological polar surface area (TPSA) is 58.4 Å². The van der Waals surface area contributed by atoms with Gasteiger partial charge in [-0.3, -0.25) is 4.90 Å². The molecule has 2 amide bonds. The molecule has 1 rings (SSSR count). The molecule has 0 saturated carbocycles. The third-order valence-electron chi connectivity index (χ3n) is 2.59. The molecule has 0 aliphatic rings. The van der Waals surface area contributed by atoms with Gasteiger partial charge in [0.05, 0.1) is 0 Å². The summed E-state index contributed by atoms with van der Waals surface area (Å²) in [5, 5.41) is 2.92. The van der Waals surface area contributed by atoms with Crippen LogP contribution in [0.1, 0.15) is 32.8 Å². The van der Waals surface area contributed by atoms with Crippen LogP contribution in [0.5, 0.6) is 0 Å². The van der Waals surface area contributed by atoms with Crippen molar-refractivity contribution in [2.45, 2.75) is 39.8 Å². The lowest BCUT2D eigenvalue weighted by atomic mass is 10.2. The minimum Gasteiger partial charge on any atom is -0.336 e. The van der Waals surface area contributed by atoms with Crippen molar-refractivity contribution in [1.82, 2.24) is 5.32 Å². The number of nitrogens with two attached hydrogens (primary N) is 1. The van der Waals surface area contributed by atoms with Gasteiger partial charge in [-0.25, -0.2) is 4.79 Å². The van der Waals surface area contributed by atoms with Crippen LogP contribution >= 0.6 is 0 Å². The molecule has 0 aliphatic heterocycles. The van der Waals surface area contributed by atoms with Gasteiger partial charge in [0.1, 0.15) is 0 Å². The Kier molecular flexibility index (Phi) is 5.65. The number of hydrogen-bond acceptors (Lipinski definition) is 2. The lowest BCUT2D eigenvalue weighted by molar-refractivity contribution is 0.244. The summed E-state index contributed by atoms with van der Waals surface area (Å²) in [5.41, 5.74) is 7.55. The van der Waals surface area contributed by atoms with E-state index in [1.165, 1.54) is 0 Å². The molecule has 0 saturated heterocycles. The van der Waals surface area contributed by atoms with Gasteiger partial charge in [-0.15, -0.1) is 0 Å². The molecule has 0 heterocycles. The van der Waals surface area contributed by atoms with Crippen molar-refractivity contribution in [2.24, 2.45) is 5.73 Å². The maximum absolute atomic E-state index is 12.1. The highest BCUT2D eigenvalue weighted by Gasteiger charge is 2.15. The summed E-state index contributed by atoms with van der Waals surface area (Å²) in [6.45, 7) is 7.20. The lowest BCUT2D eigenvalue weighted by Gasteiger charge is -2.24. The van der Waals surface area contributed by atoms with E-state index in [1.807, 2.05) is 38.1 Å². The molecule has 0 aliphatic carbocycles. The average Bonchev–Trinajstić information content (AvgIpc) is 2.35. The fourth-order valence-electron chi connectivity index (χ4n) is 1.71. The Labute approximate surface area is 109 Å². The highest BCUT2D eigenvalue weighted by molar-refractivity contribution is 5.92. The molecular weight excluding hydrogens is 226 g/mol. The zero-order valence-electron chi connectivity index (χ0n) is 11.4. The van der Waals surface area contributed by atoms with Crippen LogP contribution in [-0.2, 0) is 6.54 Å². The van der Waals surface area contributed by atoms with E-state index in [9.17, 15) is 4.79 Å². The van der Waals surface area contributed by atoms with E-state index >= 15 is 0 Å². The average molecular weight is 249 g/mol. The first-order chi connectivity index (χ1) is 8.58. The maximum atomic E-state index is 12.1. The Balaban J connectivity index is 2.85. The number of carbonyl (C=O) groups excluding carboxylic acids is 1. The Morgan fingerprint density at radius 2 is 1.94 bits per heavy atom. The Bertz CT molecular complexity index is 373. The van der Waals surface area contributed by atoms with Crippen LogP contribution in [0, 0.1) is 0 Å². The molecule has 0 spiro atoms. The van der Waals surface area contributed by atoms with Gasteiger partial charge in [-0.05, 0) is 38.0 Å². The Morgan fingerprint density at radius 1 is 1.33 bits per heavy atom. The summed E-state index contributed by atoms with van der Waals surface area (Å²) in [6.07, 6.45) is 0.921. The Hall–Kier alpha value is -1.55. The highest BCUT2D eigenvalue weighted by Crippen LogP contribution is 2.16. The standard InChI is InChI=1S/C14H23N3O/c1-4-9-17(14(18)16-11(2)3)13-7-5-12(10-15)6-8-13/h5-8,11H,4,9-10,15H2,1-3H3,(H,16,18). The second-order valence-corrected chi connectivity index (χ2v) is 4.63. The van der Waals surface area contributed by atoms with Crippen molar-refractivity contribution >= 4 is 11.7 Å². The summed E-state index contributed by atoms with van der Waals surface area (Å²) in [6, 6.07) is 7.89. The molecule has 4 heteroatoms. The van der Waals surface area contributed by atoms with Crippen molar-refractivity contribution in [2.75, 3.05) is 11.4 Å². The van der Waals surface area contributed by atoms with Gasteiger partial charge >= 0.3 is 6.03 Å². The third kappa shape index (κ3) is 4.04. The van der Waals surface area contributed by atoms with Crippen LogP contribution in [0.15, 0.2) is 24.3 Å². The summed E-state index contributed by atoms with van der Waals surface area (Å²) < 4.78 is 0. The van der Waals surface area contributed by atoms with Gasteiger partial charge in [0.2, 0.25) is 0 Å². The summed E-state index contributed by atoms with van der Waals surface area (Å²) in [7, 11) is 0. The second kappa shape index (κ2) is 7.01. The number of anilines is 1. The van der Waals surface area contributed by atoms with Crippen molar-refractivity contribution in [1.29, 1.82) is 0 Å². The van der Waals surface area contributed by atoms with E-state index in [-0.39, 0.29) is 12.1 Å². The summed E-state index contributed by atoms with van der Waals surface area (Å²) in [4.78, 5) is 13.9. The molecular formula is C14H23N3O. The number of amides is 2. The monoisotopic (exact) mass is 249 g/mol. The van der Waals surface area contributed by atoms with Gasteiger partial charge in [0.15, 0.2) is 0 Å². The third-order valence-corrected chi connectivity index (χ3v) is 2.59. The zero-order valence-corrected chi connectivity index (χ0v) is 11.4. The molecule has 0 fully saturated rings. The van der Waals surface area contributed by atoms with E-state index in [1.54, 1.807) is 4.90 Å². The van der Waals surface area contributed by atoms with Gasteiger partial charge in [0, 0.05) is 24.8 Å². The van der Waals surface area contributed by atoms with Crippen LogP contribution in [0.4, 0.5) is 10.5 Å². The SMILES string of the molecule is CCCN(C(=O)NC(C)C)c1ccc(CN)cc1. The minimum atomic E-state index is -0.0488. The zero-order chi connectivity index (χ0) is 13.5. The molecule has 0 unspecified atom stereocenters. The first-order valence-corrected chi connectivity index (χ1v) is 6.45. The fraction of sp³-hybridized carbons (Fsp3) is 0.500. The summed E-state index contributed by atoms with van der Waals surface area (Å²) >= 11 is 0. The molecule has 0 radical (unpaired) electrons. The van der Waals surface area contributed by atoms with E-state index in [0.717, 1.165) is 17.7 Å². The molecule has 0 bridgehead atoms. The molecule has 3 N–H and O–H groups in total. The number of carbonyl (C=O) groups is 1. The highest BCUT2D eigenvalue weighted by atomic mass is 16.2. The van der Waals surface area contributed by atoms with Crippen molar-refractivity contribution < 1.29 is 4.79 Å². The second-order valence-electron chi connectivity index (χ2n) is 4.63. The molecule has 0 atom stereocenters. The van der Waals surface area contributed by atoms with Gasteiger partial charge in [-0.2, -0.15) is 0 Å². The predicted octanol–water partition coefficient (Wildman–Crippen LogP) is 2.48. The Morgan fingerprint density at radius 3 is 2.39 bits per heavy atom. The lowest BCUT2D eigenvalue weighted by Crippen LogP contribution is -2.43. The van der Waals surface area contributed by atoms with Gasteiger partial charge in [0.25, 0.3) is 0 Å². The molecule has 18 heavy (non-hydrogen) atoms. The minimum absolute atomic E-state index is 0.0488. The maximum Gasteiger partial charge on any atom is 0.322 e. The molecule has 4 nitrogen and oxygen atoms in total. The van der Waals surface area contributed by atoms with Crippen LogP contribution in [0.3, 0.4) is 0 Å². The normalized spacial score (nSPS) is 10.5. The van der Waals surface area contributed by atoms with Crippen LogP contribution in [0.2, 0.25) is 0 Å². The van der Waals surface area contributed by atoms with Crippen LogP contribution < -0.4 is 16.0 Å². The number of nitrogens with zero attached hydrogens (tertiary/aromatic N) is 1. The van der Waals surface area contributed by atoms with Gasteiger partial charge < -0.3 is 11.1 Å². The predicted molar refractivity (Wildman–Crippen MR) is 75.6 cm³/mol. The number of hydrogen-bond donors (Lipinski definition) is 2. The molecule has 100 valence electrons. The van der Waals surface area contributed by atoms with Crippen LogP contribution in [0.25, 0.3) is 0 Å². The first kappa shape index (κ1) is 14.5. The number of urea groups is 1. The fourth-order valence-corrected chi connectivity index (χ4v) is 1.71. The van der Waals surface area contributed by atoms with E-state index in [0.29, 0.717) is 13.1 Å². The number of benzene rings is 1. The smallest absolute Gasteiger partial charge is 0.322 e. The van der Waals surface area contributed by atoms with E-state index in [4.69, 9.17) is 5.73 Å². The molecule has 1 aromatic carbocycles. The van der Waals surface area contributed by atoms with E-state index in [2.05, 4.69) is 12.2 Å². The first-order valence-electron chi connectivity index (χ1n) is 6.45. The van der Waals surface area contributed by atoms with Gasteiger partial charge in [-0.1, -0.05) is 19.1 Å². The quantitative estimate of drug-likeness (QED) is 0.842.